The molecule has 90 valence electrons. The van der Waals surface area contributed by atoms with Gasteiger partial charge in [0.1, 0.15) is 0 Å². The van der Waals surface area contributed by atoms with E-state index in [1.165, 1.54) is 5.56 Å². The van der Waals surface area contributed by atoms with Crippen molar-refractivity contribution in [1.82, 2.24) is 4.90 Å². The second-order valence-corrected chi connectivity index (χ2v) is 3.81. The molecule has 0 fully saturated rings. The molecule has 0 saturated heterocycles. The van der Waals surface area contributed by atoms with Crippen molar-refractivity contribution in [2.75, 3.05) is 32.0 Å². The number of hydrogen-bond acceptors (Lipinski definition) is 3. The number of hydrogen-bond donors (Lipinski definition) is 1. The number of anilines is 1. The van der Waals surface area contributed by atoms with E-state index < -0.39 is 0 Å². The summed E-state index contributed by atoms with van der Waals surface area (Å²) in [6, 6.07) is 8.06. The van der Waals surface area contributed by atoms with Crippen molar-refractivity contribution < 1.29 is 4.74 Å². The maximum Gasteiger partial charge on any atom is 0.0593 e. The van der Waals surface area contributed by atoms with Crippen LogP contribution in [0.1, 0.15) is 19.4 Å². The molecule has 0 atom stereocenters. The average molecular weight is 222 g/mol. The third-order valence-corrected chi connectivity index (χ3v) is 2.59. The molecule has 0 aliphatic heterocycles. The number of nitrogens with two attached hydrogens (primary N) is 1. The van der Waals surface area contributed by atoms with Crippen molar-refractivity contribution >= 4 is 5.69 Å². The second-order valence-electron chi connectivity index (χ2n) is 3.81. The third kappa shape index (κ3) is 4.64. The van der Waals surface area contributed by atoms with Gasteiger partial charge in [-0.1, -0.05) is 19.1 Å². The van der Waals surface area contributed by atoms with Crippen molar-refractivity contribution in [1.29, 1.82) is 0 Å². The van der Waals surface area contributed by atoms with Gasteiger partial charge in [-0.15, -0.1) is 0 Å². The Labute approximate surface area is 98.2 Å². The molecule has 16 heavy (non-hydrogen) atoms. The van der Waals surface area contributed by atoms with Crippen LogP contribution < -0.4 is 5.73 Å². The van der Waals surface area contributed by atoms with Gasteiger partial charge in [-0.3, -0.25) is 4.90 Å². The van der Waals surface area contributed by atoms with Crippen molar-refractivity contribution in [2.24, 2.45) is 0 Å². The summed E-state index contributed by atoms with van der Waals surface area (Å²) < 4.78 is 5.36. The maximum atomic E-state index is 5.65. The molecule has 0 amide bonds. The van der Waals surface area contributed by atoms with Gasteiger partial charge in [0.05, 0.1) is 6.61 Å². The third-order valence-electron chi connectivity index (χ3n) is 2.59. The van der Waals surface area contributed by atoms with E-state index in [1.54, 1.807) is 0 Å². The highest BCUT2D eigenvalue weighted by atomic mass is 16.5. The molecule has 0 aliphatic carbocycles. The number of nitrogen functional groups attached to an aromatic ring is 1. The van der Waals surface area contributed by atoms with Crippen LogP contribution in [0.4, 0.5) is 5.69 Å². The summed E-state index contributed by atoms with van der Waals surface area (Å²) in [6.07, 6.45) is 0. The van der Waals surface area contributed by atoms with Crippen LogP contribution in [0.5, 0.6) is 0 Å². The average Bonchev–Trinajstić information content (AvgIpc) is 2.31. The topological polar surface area (TPSA) is 38.5 Å². The Morgan fingerprint density at radius 1 is 1.19 bits per heavy atom. The van der Waals surface area contributed by atoms with Crippen LogP contribution in [0.25, 0.3) is 0 Å². The van der Waals surface area contributed by atoms with Gasteiger partial charge in [0.2, 0.25) is 0 Å². The first-order valence-electron chi connectivity index (χ1n) is 5.90. The SMILES string of the molecule is CCOCCN(CC)Cc1ccc(N)cc1. The summed E-state index contributed by atoms with van der Waals surface area (Å²) in [7, 11) is 0. The molecule has 1 rings (SSSR count). The zero-order chi connectivity index (χ0) is 11.8. The number of nitrogens with zero attached hydrogens (tertiary/aromatic N) is 1. The molecule has 0 aromatic heterocycles. The van der Waals surface area contributed by atoms with E-state index in [0.717, 1.165) is 38.5 Å². The lowest BCUT2D eigenvalue weighted by molar-refractivity contribution is 0.113. The van der Waals surface area contributed by atoms with Crippen molar-refractivity contribution in [3.63, 3.8) is 0 Å². The summed E-state index contributed by atoms with van der Waals surface area (Å²) in [5.41, 5.74) is 7.77. The molecule has 0 aliphatic rings. The van der Waals surface area contributed by atoms with Crippen molar-refractivity contribution in [2.45, 2.75) is 20.4 Å². The van der Waals surface area contributed by atoms with E-state index in [2.05, 4.69) is 24.0 Å². The predicted molar refractivity (Wildman–Crippen MR) is 68.3 cm³/mol. The van der Waals surface area contributed by atoms with Gasteiger partial charge in [0, 0.05) is 25.4 Å². The summed E-state index contributed by atoms with van der Waals surface area (Å²) in [4.78, 5) is 2.36. The maximum absolute atomic E-state index is 5.65. The first-order valence-corrected chi connectivity index (χ1v) is 5.90. The molecule has 0 radical (unpaired) electrons. The highest BCUT2D eigenvalue weighted by Gasteiger charge is 2.03. The Morgan fingerprint density at radius 2 is 1.88 bits per heavy atom. The second kappa shape index (κ2) is 7.25. The van der Waals surface area contributed by atoms with Crippen LogP contribution in [0.15, 0.2) is 24.3 Å². The van der Waals surface area contributed by atoms with Crippen molar-refractivity contribution in [3.05, 3.63) is 29.8 Å². The number of likely N-dealkylation sites (N-methyl/N-ethyl adjacent to an activating group) is 1. The lowest BCUT2D eigenvalue weighted by Crippen LogP contribution is -2.27. The van der Waals surface area contributed by atoms with Gasteiger partial charge in [-0.2, -0.15) is 0 Å². The summed E-state index contributed by atoms with van der Waals surface area (Å²) >= 11 is 0. The first-order chi connectivity index (χ1) is 7.76. The van der Waals surface area contributed by atoms with E-state index >= 15 is 0 Å². The largest absolute Gasteiger partial charge is 0.399 e. The fraction of sp³-hybridized carbons (Fsp3) is 0.538. The fourth-order valence-electron chi connectivity index (χ4n) is 1.57. The van der Waals surface area contributed by atoms with Gasteiger partial charge in [0.25, 0.3) is 0 Å². The van der Waals surface area contributed by atoms with E-state index in [0.29, 0.717) is 0 Å². The van der Waals surface area contributed by atoms with Crippen LogP contribution in [-0.2, 0) is 11.3 Å². The van der Waals surface area contributed by atoms with Gasteiger partial charge in [0.15, 0.2) is 0 Å². The molecule has 0 unspecified atom stereocenters. The molecule has 0 saturated carbocycles. The smallest absolute Gasteiger partial charge is 0.0593 e. The van der Waals surface area contributed by atoms with Crippen molar-refractivity contribution in [3.8, 4) is 0 Å². The Balaban J connectivity index is 2.40. The standard InChI is InChI=1S/C13H22N2O/c1-3-15(9-10-16-4-2)11-12-5-7-13(14)8-6-12/h5-8H,3-4,9-11,14H2,1-2H3. The normalized spacial score (nSPS) is 10.9. The fourth-order valence-corrected chi connectivity index (χ4v) is 1.57. The number of ether oxygens (including phenoxy) is 1. The van der Waals surface area contributed by atoms with Crippen LogP contribution >= 0.6 is 0 Å². The lowest BCUT2D eigenvalue weighted by atomic mass is 10.2. The minimum atomic E-state index is 0.791. The Kier molecular flexibility index (Phi) is 5.90. The summed E-state index contributed by atoms with van der Waals surface area (Å²) in [5.74, 6) is 0. The van der Waals surface area contributed by atoms with Gasteiger partial charge >= 0.3 is 0 Å². The molecular weight excluding hydrogens is 200 g/mol. The number of rotatable bonds is 7. The molecular formula is C13H22N2O. The zero-order valence-corrected chi connectivity index (χ0v) is 10.3. The lowest BCUT2D eigenvalue weighted by Gasteiger charge is -2.20. The first kappa shape index (κ1) is 13.0. The highest BCUT2D eigenvalue weighted by molar-refractivity contribution is 5.39. The Hall–Kier alpha value is -1.06. The summed E-state index contributed by atoms with van der Waals surface area (Å²) in [5, 5.41) is 0. The van der Waals surface area contributed by atoms with Crippen LogP contribution in [0.3, 0.4) is 0 Å². The van der Waals surface area contributed by atoms with Gasteiger partial charge < -0.3 is 10.5 Å². The minimum Gasteiger partial charge on any atom is -0.399 e. The molecule has 0 heterocycles. The zero-order valence-electron chi connectivity index (χ0n) is 10.3. The monoisotopic (exact) mass is 222 g/mol. The number of benzene rings is 1. The molecule has 0 bridgehead atoms. The van der Waals surface area contributed by atoms with E-state index in [1.807, 2.05) is 19.1 Å². The van der Waals surface area contributed by atoms with Crippen LogP contribution in [-0.4, -0.2) is 31.2 Å². The van der Waals surface area contributed by atoms with E-state index in [9.17, 15) is 0 Å². The van der Waals surface area contributed by atoms with E-state index in [4.69, 9.17) is 10.5 Å². The highest BCUT2D eigenvalue weighted by Crippen LogP contribution is 2.08. The predicted octanol–water partition coefficient (Wildman–Crippen LogP) is 2.13. The van der Waals surface area contributed by atoms with Gasteiger partial charge in [-0.25, -0.2) is 0 Å². The van der Waals surface area contributed by atoms with Gasteiger partial charge in [-0.05, 0) is 31.2 Å². The molecule has 2 N–H and O–H groups in total. The molecule has 0 spiro atoms. The van der Waals surface area contributed by atoms with Crippen LogP contribution in [0.2, 0.25) is 0 Å². The molecule has 3 heteroatoms. The Morgan fingerprint density at radius 3 is 2.44 bits per heavy atom. The quantitative estimate of drug-likeness (QED) is 0.567. The Bertz CT molecular complexity index is 284. The minimum absolute atomic E-state index is 0.791. The summed E-state index contributed by atoms with van der Waals surface area (Å²) in [6.45, 7) is 8.77. The molecule has 3 nitrogen and oxygen atoms in total. The van der Waals surface area contributed by atoms with E-state index in [-0.39, 0.29) is 0 Å². The van der Waals surface area contributed by atoms with Crippen LogP contribution in [0, 0.1) is 0 Å². The molecule has 1 aromatic carbocycles. The molecule has 1 aromatic rings.